The summed E-state index contributed by atoms with van der Waals surface area (Å²) in [6.45, 7) is 0.945. The normalized spacial score (nSPS) is 10.4. The first kappa shape index (κ1) is 19.7. The Bertz CT molecular complexity index is 953. The molecule has 28 heavy (non-hydrogen) atoms. The molecule has 0 aliphatic heterocycles. The summed E-state index contributed by atoms with van der Waals surface area (Å²) in [7, 11) is 1.61. The molecule has 0 fully saturated rings. The van der Waals surface area contributed by atoms with Gasteiger partial charge in [0.25, 0.3) is 0 Å². The SMILES string of the molecule is COc1cccc(CN(Cc2cccnc2)C(=S)Nc2ccc(F)cc2F)c1. The fraction of sp³-hybridized carbons (Fsp3) is 0.143. The summed E-state index contributed by atoms with van der Waals surface area (Å²) in [5, 5.41) is 3.19. The highest BCUT2D eigenvalue weighted by Crippen LogP contribution is 2.19. The van der Waals surface area contributed by atoms with E-state index in [0.29, 0.717) is 18.2 Å². The van der Waals surface area contributed by atoms with Gasteiger partial charge in [0.05, 0.1) is 12.8 Å². The highest BCUT2D eigenvalue weighted by molar-refractivity contribution is 7.80. The number of thiocarbonyl (C=S) groups is 1. The maximum atomic E-state index is 14.0. The lowest BCUT2D eigenvalue weighted by molar-refractivity contribution is 0.401. The first-order valence-electron chi connectivity index (χ1n) is 8.58. The third-order valence-electron chi connectivity index (χ3n) is 4.06. The summed E-state index contributed by atoms with van der Waals surface area (Å²) in [4.78, 5) is 6.01. The monoisotopic (exact) mass is 399 g/mol. The van der Waals surface area contributed by atoms with Crippen molar-refractivity contribution < 1.29 is 13.5 Å². The summed E-state index contributed by atoms with van der Waals surface area (Å²) in [6, 6.07) is 14.7. The van der Waals surface area contributed by atoms with E-state index in [9.17, 15) is 8.78 Å². The molecule has 0 atom stereocenters. The van der Waals surface area contributed by atoms with Crippen LogP contribution in [-0.4, -0.2) is 22.1 Å². The minimum atomic E-state index is -0.704. The molecule has 1 aromatic heterocycles. The van der Waals surface area contributed by atoms with Gasteiger partial charge in [0.2, 0.25) is 0 Å². The topological polar surface area (TPSA) is 37.4 Å². The number of rotatable bonds is 6. The number of ether oxygens (including phenoxy) is 1. The predicted octanol–water partition coefficient (Wildman–Crippen LogP) is 4.77. The zero-order valence-electron chi connectivity index (χ0n) is 15.2. The third-order valence-corrected chi connectivity index (χ3v) is 4.42. The first-order chi connectivity index (χ1) is 13.5. The van der Waals surface area contributed by atoms with Gasteiger partial charge in [-0.05, 0) is 53.7 Å². The smallest absolute Gasteiger partial charge is 0.174 e. The van der Waals surface area contributed by atoms with Crippen LogP contribution in [0.4, 0.5) is 14.5 Å². The molecule has 1 N–H and O–H groups in total. The van der Waals surface area contributed by atoms with Gasteiger partial charge < -0.3 is 15.0 Å². The molecule has 0 aliphatic carbocycles. The van der Waals surface area contributed by atoms with Crippen molar-refractivity contribution >= 4 is 23.0 Å². The van der Waals surface area contributed by atoms with Crippen LogP contribution in [0.2, 0.25) is 0 Å². The zero-order valence-corrected chi connectivity index (χ0v) is 16.0. The second-order valence-corrected chi connectivity index (χ2v) is 6.51. The molecule has 0 spiro atoms. The number of methoxy groups -OCH3 is 1. The molecule has 2 aromatic carbocycles. The number of anilines is 1. The Labute approximate surface area is 167 Å². The van der Waals surface area contributed by atoms with Gasteiger partial charge in [0, 0.05) is 31.5 Å². The Kier molecular flexibility index (Phi) is 6.49. The van der Waals surface area contributed by atoms with Crippen molar-refractivity contribution in [3.63, 3.8) is 0 Å². The summed E-state index contributed by atoms with van der Waals surface area (Å²) in [5.74, 6) is -0.607. The molecule has 0 aliphatic rings. The molecule has 4 nitrogen and oxygen atoms in total. The van der Waals surface area contributed by atoms with Crippen LogP contribution >= 0.6 is 12.2 Å². The van der Waals surface area contributed by atoms with Gasteiger partial charge in [-0.2, -0.15) is 0 Å². The average molecular weight is 399 g/mol. The number of hydrogen-bond acceptors (Lipinski definition) is 3. The summed E-state index contributed by atoms with van der Waals surface area (Å²) >= 11 is 5.51. The van der Waals surface area contributed by atoms with Gasteiger partial charge in [-0.15, -0.1) is 0 Å². The Morgan fingerprint density at radius 1 is 1.07 bits per heavy atom. The third kappa shape index (κ3) is 5.23. The largest absolute Gasteiger partial charge is 0.497 e. The van der Waals surface area contributed by atoms with E-state index in [1.54, 1.807) is 19.5 Å². The first-order valence-corrected chi connectivity index (χ1v) is 8.99. The molecular formula is C21H19F2N3OS. The zero-order chi connectivity index (χ0) is 19.9. The molecular weight excluding hydrogens is 380 g/mol. The highest BCUT2D eigenvalue weighted by Gasteiger charge is 2.14. The van der Waals surface area contributed by atoms with E-state index >= 15 is 0 Å². The van der Waals surface area contributed by atoms with Crippen molar-refractivity contribution in [3.8, 4) is 5.75 Å². The highest BCUT2D eigenvalue weighted by atomic mass is 32.1. The number of hydrogen-bond donors (Lipinski definition) is 1. The summed E-state index contributed by atoms with van der Waals surface area (Å²) in [6.07, 6.45) is 3.44. The van der Waals surface area contributed by atoms with E-state index in [1.807, 2.05) is 41.3 Å². The van der Waals surface area contributed by atoms with E-state index in [2.05, 4.69) is 10.3 Å². The van der Waals surface area contributed by atoms with E-state index in [4.69, 9.17) is 17.0 Å². The maximum absolute atomic E-state index is 14.0. The number of nitrogens with zero attached hydrogens (tertiary/aromatic N) is 2. The second-order valence-electron chi connectivity index (χ2n) is 6.12. The van der Waals surface area contributed by atoms with Crippen molar-refractivity contribution in [2.75, 3.05) is 12.4 Å². The maximum Gasteiger partial charge on any atom is 0.174 e. The molecule has 144 valence electrons. The van der Waals surface area contributed by atoms with E-state index in [1.165, 1.54) is 12.1 Å². The van der Waals surface area contributed by atoms with E-state index in [0.717, 1.165) is 22.9 Å². The number of pyridine rings is 1. The minimum Gasteiger partial charge on any atom is -0.497 e. The van der Waals surface area contributed by atoms with Gasteiger partial charge in [-0.3, -0.25) is 4.98 Å². The van der Waals surface area contributed by atoms with Crippen LogP contribution in [0.5, 0.6) is 5.75 Å². The lowest BCUT2D eigenvalue weighted by atomic mass is 10.2. The van der Waals surface area contributed by atoms with Crippen LogP contribution in [0, 0.1) is 11.6 Å². The fourth-order valence-electron chi connectivity index (χ4n) is 2.69. The Morgan fingerprint density at radius 2 is 1.86 bits per heavy atom. The van der Waals surface area contributed by atoms with Gasteiger partial charge in [0.15, 0.2) is 5.11 Å². The fourth-order valence-corrected chi connectivity index (χ4v) is 2.93. The van der Waals surface area contributed by atoms with Gasteiger partial charge in [-0.1, -0.05) is 18.2 Å². The molecule has 0 unspecified atom stereocenters. The van der Waals surface area contributed by atoms with Crippen molar-refractivity contribution in [1.82, 2.24) is 9.88 Å². The van der Waals surface area contributed by atoms with Crippen LogP contribution in [0.15, 0.2) is 67.0 Å². The van der Waals surface area contributed by atoms with Crippen LogP contribution in [0.3, 0.4) is 0 Å². The Balaban J connectivity index is 1.82. The van der Waals surface area contributed by atoms with Crippen molar-refractivity contribution in [3.05, 3.63) is 89.8 Å². The van der Waals surface area contributed by atoms with Crippen LogP contribution < -0.4 is 10.1 Å². The minimum absolute atomic E-state index is 0.119. The Morgan fingerprint density at radius 3 is 2.57 bits per heavy atom. The van der Waals surface area contributed by atoms with Crippen molar-refractivity contribution in [2.45, 2.75) is 13.1 Å². The molecule has 7 heteroatoms. The second kappa shape index (κ2) is 9.23. The van der Waals surface area contributed by atoms with Gasteiger partial charge >= 0.3 is 0 Å². The quantitative estimate of drug-likeness (QED) is 0.605. The van der Waals surface area contributed by atoms with Crippen LogP contribution in [0.25, 0.3) is 0 Å². The van der Waals surface area contributed by atoms with E-state index in [-0.39, 0.29) is 5.69 Å². The van der Waals surface area contributed by atoms with Gasteiger partial charge in [0.1, 0.15) is 17.4 Å². The molecule has 0 saturated carbocycles. The molecule has 3 rings (SSSR count). The van der Waals surface area contributed by atoms with Gasteiger partial charge in [-0.25, -0.2) is 8.78 Å². The molecule has 0 bridgehead atoms. The summed E-state index contributed by atoms with van der Waals surface area (Å²) in [5.41, 5.74) is 2.05. The molecule has 0 amide bonds. The standard InChI is InChI=1S/C21H19F2N3OS/c1-27-18-6-2-4-15(10-18)13-26(14-16-5-3-9-24-12-16)21(28)25-20-8-7-17(22)11-19(20)23/h2-12H,13-14H2,1H3,(H,25,28). The van der Waals surface area contributed by atoms with Crippen molar-refractivity contribution in [1.29, 1.82) is 0 Å². The predicted molar refractivity (Wildman–Crippen MR) is 109 cm³/mol. The number of nitrogens with one attached hydrogen (secondary N) is 1. The number of benzene rings is 2. The lowest BCUT2D eigenvalue weighted by Crippen LogP contribution is -2.34. The number of aromatic nitrogens is 1. The molecule has 0 radical (unpaired) electrons. The van der Waals surface area contributed by atoms with Crippen LogP contribution in [0.1, 0.15) is 11.1 Å². The van der Waals surface area contributed by atoms with E-state index < -0.39 is 11.6 Å². The van der Waals surface area contributed by atoms with Crippen LogP contribution in [-0.2, 0) is 13.1 Å². The lowest BCUT2D eigenvalue weighted by Gasteiger charge is -2.26. The number of halogens is 2. The average Bonchev–Trinajstić information content (AvgIpc) is 2.70. The Hall–Kier alpha value is -3.06. The molecule has 1 heterocycles. The molecule has 0 saturated heterocycles. The van der Waals surface area contributed by atoms with Crippen molar-refractivity contribution in [2.24, 2.45) is 0 Å². The summed E-state index contributed by atoms with van der Waals surface area (Å²) < 4.78 is 32.5. The molecule has 3 aromatic rings.